The quantitative estimate of drug-likeness (QED) is 0.498. The fraction of sp³-hybridized carbons (Fsp3) is 0.478. The summed E-state index contributed by atoms with van der Waals surface area (Å²) in [5.41, 5.74) is 4.81. The zero-order valence-electron chi connectivity index (χ0n) is 17.7. The van der Waals surface area contributed by atoms with E-state index in [-0.39, 0.29) is 5.92 Å². The molecule has 3 aromatic heterocycles. The van der Waals surface area contributed by atoms with Crippen molar-refractivity contribution in [1.82, 2.24) is 19.9 Å². The second-order valence-corrected chi connectivity index (χ2v) is 8.58. The summed E-state index contributed by atoms with van der Waals surface area (Å²) < 4.78 is 5.06. The summed E-state index contributed by atoms with van der Waals surface area (Å²) in [6.45, 7) is 3.22. The second-order valence-electron chi connectivity index (χ2n) is 7.69. The van der Waals surface area contributed by atoms with Gasteiger partial charge in [-0.15, -0.1) is 11.3 Å². The molecule has 1 N–H and O–H groups in total. The molecule has 1 aliphatic rings. The van der Waals surface area contributed by atoms with Gasteiger partial charge in [-0.25, -0.2) is 19.9 Å². The first-order valence-corrected chi connectivity index (χ1v) is 11.7. The molecule has 30 heavy (non-hydrogen) atoms. The van der Waals surface area contributed by atoms with Crippen LogP contribution in [0.3, 0.4) is 0 Å². The van der Waals surface area contributed by atoms with E-state index >= 15 is 0 Å². The summed E-state index contributed by atoms with van der Waals surface area (Å²) >= 11 is 1.74. The lowest BCUT2D eigenvalue weighted by Gasteiger charge is -2.17. The molecule has 6 nitrogen and oxygen atoms in total. The molecule has 158 valence electrons. The first-order valence-electron chi connectivity index (χ1n) is 10.8. The topological polar surface area (TPSA) is 72.8 Å². The van der Waals surface area contributed by atoms with Crippen LogP contribution in [0.5, 0.6) is 6.01 Å². The lowest BCUT2D eigenvalue weighted by molar-refractivity contribution is 0.379. The monoisotopic (exact) mass is 423 g/mol. The van der Waals surface area contributed by atoms with Crippen molar-refractivity contribution in [2.24, 2.45) is 0 Å². The molecular formula is C23H29N5OS. The molecule has 0 radical (unpaired) electrons. The Bertz CT molecular complexity index is 956. The summed E-state index contributed by atoms with van der Waals surface area (Å²) in [6.07, 6.45) is 11.3. The van der Waals surface area contributed by atoms with E-state index in [0.717, 1.165) is 61.5 Å². The minimum Gasteiger partial charge on any atom is -0.467 e. The Hall–Kier alpha value is -2.54. The molecule has 4 rings (SSSR count). The van der Waals surface area contributed by atoms with Gasteiger partial charge in [-0.3, -0.25) is 0 Å². The summed E-state index contributed by atoms with van der Waals surface area (Å²) in [5, 5.41) is 6.76. The summed E-state index contributed by atoms with van der Waals surface area (Å²) in [6, 6.07) is 4.83. The standard InChI is InChI=1S/C23H29N5OS/c1-3-20(17-13-25-23(29-2)26-14-17)22-28-19(15-30-22)9-5-4-8-18-11-10-16-7-6-12-24-21(16)27-18/h10-11,13-15,20H,3-9,12H2,1-2H3,(H,24,27). The average Bonchev–Trinajstić information content (AvgIpc) is 3.26. The molecule has 0 aliphatic carbocycles. The van der Waals surface area contributed by atoms with Gasteiger partial charge in [0.15, 0.2) is 0 Å². The highest BCUT2D eigenvalue weighted by molar-refractivity contribution is 7.09. The van der Waals surface area contributed by atoms with Crippen LogP contribution in [0.4, 0.5) is 5.82 Å². The zero-order chi connectivity index (χ0) is 20.8. The van der Waals surface area contributed by atoms with E-state index in [0.29, 0.717) is 6.01 Å². The van der Waals surface area contributed by atoms with Gasteiger partial charge < -0.3 is 10.1 Å². The molecule has 0 saturated carbocycles. The van der Waals surface area contributed by atoms with Gasteiger partial charge in [-0.2, -0.15) is 0 Å². The average molecular weight is 424 g/mol. The Labute approximate surface area is 182 Å². The molecule has 0 saturated heterocycles. The minimum absolute atomic E-state index is 0.238. The second kappa shape index (κ2) is 9.98. The van der Waals surface area contributed by atoms with E-state index in [1.807, 2.05) is 12.4 Å². The molecule has 1 atom stereocenters. The van der Waals surface area contributed by atoms with E-state index < -0.39 is 0 Å². The van der Waals surface area contributed by atoms with Crippen molar-refractivity contribution >= 4 is 17.2 Å². The van der Waals surface area contributed by atoms with Gasteiger partial charge >= 0.3 is 6.01 Å². The van der Waals surface area contributed by atoms with Crippen molar-refractivity contribution in [2.45, 2.75) is 57.8 Å². The largest absolute Gasteiger partial charge is 0.467 e. The Balaban J connectivity index is 1.29. The number of thiazole rings is 1. The number of unbranched alkanes of at least 4 members (excludes halogenated alkanes) is 1. The van der Waals surface area contributed by atoms with E-state index in [1.54, 1.807) is 18.4 Å². The maximum Gasteiger partial charge on any atom is 0.316 e. The third kappa shape index (κ3) is 4.95. The van der Waals surface area contributed by atoms with Crippen molar-refractivity contribution < 1.29 is 4.74 Å². The van der Waals surface area contributed by atoms with E-state index in [2.05, 4.69) is 39.7 Å². The van der Waals surface area contributed by atoms with Gasteiger partial charge in [-0.1, -0.05) is 13.0 Å². The van der Waals surface area contributed by atoms with Gasteiger partial charge in [0.25, 0.3) is 0 Å². The highest BCUT2D eigenvalue weighted by atomic mass is 32.1. The summed E-state index contributed by atoms with van der Waals surface area (Å²) in [7, 11) is 1.58. The molecule has 1 unspecified atom stereocenters. The Kier molecular flexibility index (Phi) is 6.89. The third-order valence-corrected chi connectivity index (χ3v) is 6.58. The highest BCUT2D eigenvalue weighted by Crippen LogP contribution is 2.30. The fourth-order valence-electron chi connectivity index (χ4n) is 3.88. The number of aromatic nitrogens is 4. The Morgan fingerprint density at radius 2 is 1.90 bits per heavy atom. The van der Waals surface area contributed by atoms with Crippen molar-refractivity contribution in [1.29, 1.82) is 0 Å². The van der Waals surface area contributed by atoms with Crippen molar-refractivity contribution in [3.63, 3.8) is 0 Å². The molecule has 0 aromatic carbocycles. The van der Waals surface area contributed by atoms with Gasteiger partial charge in [0, 0.05) is 35.9 Å². The smallest absolute Gasteiger partial charge is 0.316 e. The van der Waals surface area contributed by atoms with Crippen LogP contribution in [0.1, 0.15) is 66.0 Å². The number of methoxy groups -OCH3 is 1. The highest BCUT2D eigenvalue weighted by Gasteiger charge is 2.17. The number of aryl methyl sites for hydroxylation is 3. The zero-order valence-corrected chi connectivity index (χ0v) is 18.5. The predicted molar refractivity (Wildman–Crippen MR) is 121 cm³/mol. The predicted octanol–water partition coefficient (Wildman–Crippen LogP) is 4.80. The molecule has 4 heterocycles. The first kappa shape index (κ1) is 20.7. The number of rotatable bonds is 9. The third-order valence-electron chi connectivity index (χ3n) is 5.58. The van der Waals surface area contributed by atoms with Gasteiger partial charge in [0.1, 0.15) is 10.8 Å². The van der Waals surface area contributed by atoms with E-state index in [9.17, 15) is 0 Å². The van der Waals surface area contributed by atoms with Crippen LogP contribution >= 0.6 is 11.3 Å². The maximum atomic E-state index is 5.06. The number of ether oxygens (including phenoxy) is 1. The number of hydrogen-bond acceptors (Lipinski definition) is 7. The SMILES string of the molecule is CCC(c1cnc(OC)nc1)c1nc(CCCCc2ccc3c(n2)NCCC3)cs1. The number of hydrogen-bond donors (Lipinski definition) is 1. The van der Waals surface area contributed by atoms with Crippen LogP contribution in [-0.2, 0) is 19.3 Å². The van der Waals surface area contributed by atoms with Gasteiger partial charge in [-0.05, 0) is 62.1 Å². The molecule has 0 bridgehead atoms. The summed E-state index contributed by atoms with van der Waals surface area (Å²) in [4.78, 5) is 18.2. The van der Waals surface area contributed by atoms with Crippen molar-refractivity contribution in [3.8, 4) is 6.01 Å². The number of nitrogens with zero attached hydrogens (tertiary/aromatic N) is 4. The van der Waals surface area contributed by atoms with Crippen LogP contribution in [0.2, 0.25) is 0 Å². The van der Waals surface area contributed by atoms with Crippen LogP contribution < -0.4 is 10.1 Å². The molecule has 0 fully saturated rings. The number of anilines is 1. The number of nitrogens with one attached hydrogen (secondary N) is 1. The van der Waals surface area contributed by atoms with Gasteiger partial charge in [0.2, 0.25) is 0 Å². The minimum atomic E-state index is 0.238. The molecule has 0 amide bonds. The van der Waals surface area contributed by atoms with Crippen LogP contribution in [0.15, 0.2) is 29.9 Å². The molecule has 1 aliphatic heterocycles. The van der Waals surface area contributed by atoms with Crippen LogP contribution in [-0.4, -0.2) is 33.6 Å². The number of fused-ring (bicyclic) bond motifs is 1. The van der Waals surface area contributed by atoms with Crippen LogP contribution in [0.25, 0.3) is 0 Å². The lowest BCUT2D eigenvalue weighted by Crippen LogP contribution is -2.14. The Morgan fingerprint density at radius 3 is 2.67 bits per heavy atom. The van der Waals surface area contributed by atoms with Crippen molar-refractivity contribution in [2.75, 3.05) is 19.0 Å². The molecular weight excluding hydrogens is 394 g/mol. The lowest BCUT2D eigenvalue weighted by atomic mass is 10.0. The van der Waals surface area contributed by atoms with E-state index in [4.69, 9.17) is 14.7 Å². The fourth-order valence-corrected chi connectivity index (χ4v) is 4.95. The maximum absolute atomic E-state index is 5.06. The number of pyridine rings is 1. The van der Waals surface area contributed by atoms with Crippen molar-refractivity contribution in [3.05, 3.63) is 57.4 Å². The molecule has 3 aromatic rings. The molecule has 0 spiro atoms. The van der Waals surface area contributed by atoms with Gasteiger partial charge in [0.05, 0.1) is 12.8 Å². The summed E-state index contributed by atoms with van der Waals surface area (Å²) in [5.74, 6) is 1.33. The van der Waals surface area contributed by atoms with Crippen LogP contribution in [0, 0.1) is 0 Å². The first-order chi connectivity index (χ1) is 14.8. The molecule has 7 heteroatoms. The Morgan fingerprint density at radius 1 is 1.10 bits per heavy atom. The normalized spacial score (nSPS) is 14.1. The van der Waals surface area contributed by atoms with E-state index in [1.165, 1.54) is 23.4 Å².